The number of pyridine rings is 1. The second kappa shape index (κ2) is 13.4. The van der Waals surface area contributed by atoms with Crippen LogP contribution in [0.25, 0.3) is 11.3 Å². The summed E-state index contributed by atoms with van der Waals surface area (Å²) in [5.41, 5.74) is -2.36. The lowest BCUT2D eigenvalue weighted by atomic mass is 9.63. The molecule has 2 fully saturated rings. The number of carboxylic acid groups (broad SMARTS) is 1. The van der Waals surface area contributed by atoms with E-state index in [2.05, 4.69) is 20.5 Å². The molecule has 1 aliphatic carbocycles. The molecule has 1 aliphatic heterocycles. The third-order valence-corrected chi connectivity index (χ3v) is 10.6. The number of anilines is 1. The second-order valence-electron chi connectivity index (χ2n) is 11.5. The Kier molecular flexibility index (Phi) is 9.77. The Balaban J connectivity index is 0.000000606. The van der Waals surface area contributed by atoms with E-state index in [1.54, 1.807) is 12.1 Å². The smallest absolute Gasteiger partial charge is 0.475 e. The maximum Gasteiger partial charge on any atom is 0.490 e. The van der Waals surface area contributed by atoms with Crippen LogP contribution in [-0.2, 0) is 25.0 Å². The first-order valence-electron chi connectivity index (χ1n) is 14.7. The van der Waals surface area contributed by atoms with Crippen molar-refractivity contribution in [3.8, 4) is 11.3 Å². The molecule has 2 aromatic heterocycles. The van der Waals surface area contributed by atoms with E-state index in [4.69, 9.17) is 15.0 Å². The number of aromatic nitrogens is 3. The highest BCUT2D eigenvalue weighted by Gasteiger charge is 2.67. The molecule has 1 saturated carbocycles. The van der Waals surface area contributed by atoms with Crippen LogP contribution in [0.1, 0.15) is 36.0 Å². The molecule has 2 unspecified atom stereocenters. The van der Waals surface area contributed by atoms with Gasteiger partial charge in [-0.2, -0.15) is 18.3 Å². The van der Waals surface area contributed by atoms with Gasteiger partial charge in [0.2, 0.25) is 10.0 Å². The molecule has 10 nitrogen and oxygen atoms in total. The van der Waals surface area contributed by atoms with Gasteiger partial charge in [0.1, 0.15) is 28.0 Å². The van der Waals surface area contributed by atoms with E-state index in [0.717, 1.165) is 30.3 Å². The summed E-state index contributed by atoms with van der Waals surface area (Å²) in [7, 11) is -4.91. The number of carbonyl (C=O) groups is 1. The van der Waals surface area contributed by atoms with Crippen molar-refractivity contribution in [2.45, 2.75) is 35.6 Å². The number of H-pyrrole nitrogens is 1. The monoisotopic (exact) mass is 714 g/mol. The van der Waals surface area contributed by atoms with Crippen molar-refractivity contribution < 1.29 is 49.1 Å². The number of nitrogens with zero attached hydrogens (tertiary/aromatic N) is 3. The number of benzene rings is 2. The zero-order chi connectivity index (χ0) is 35.8. The molecular weight excluding hydrogens is 685 g/mol. The van der Waals surface area contributed by atoms with Crippen LogP contribution in [0.4, 0.5) is 36.4 Å². The van der Waals surface area contributed by atoms with Crippen LogP contribution in [0.2, 0.25) is 0 Å². The highest BCUT2D eigenvalue weighted by atomic mass is 32.2. The third-order valence-electron chi connectivity index (χ3n) is 8.85. The number of hydrogen-bond acceptors (Lipinski definition) is 7. The van der Waals surface area contributed by atoms with Crippen LogP contribution in [0, 0.1) is 23.3 Å². The maximum absolute atomic E-state index is 16.6. The minimum Gasteiger partial charge on any atom is -0.475 e. The number of hydrogen-bond donors (Lipinski definition) is 4. The average Bonchev–Trinajstić information content (AvgIpc) is 3.69. The molecule has 2 aliphatic rings. The number of sulfonamides is 1. The van der Waals surface area contributed by atoms with Crippen molar-refractivity contribution in [1.82, 2.24) is 20.5 Å². The first-order valence-corrected chi connectivity index (χ1v) is 16.3. The Hall–Kier alpha value is -4.55. The molecule has 1 saturated heterocycles. The van der Waals surface area contributed by atoms with Crippen molar-refractivity contribution in [2.24, 2.45) is 5.14 Å². The van der Waals surface area contributed by atoms with Gasteiger partial charge in [0, 0.05) is 72.7 Å². The van der Waals surface area contributed by atoms with Crippen LogP contribution in [0.3, 0.4) is 0 Å². The molecule has 2 aromatic carbocycles. The van der Waals surface area contributed by atoms with Crippen LogP contribution >= 0.6 is 0 Å². The van der Waals surface area contributed by atoms with Crippen molar-refractivity contribution in [3.63, 3.8) is 0 Å². The molecule has 0 spiro atoms. The number of primary sulfonamides is 1. The third kappa shape index (κ3) is 6.35. The molecule has 49 heavy (non-hydrogen) atoms. The average molecular weight is 715 g/mol. The molecule has 262 valence electrons. The van der Waals surface area contributed by atoms with Gasteiger partial charge in [0.25, 0.3) is 0 Å². The van der Waals surface area contributed by atoms with Crippen LogP contribution in [-0.4, -0.2) is 67.0 Å². The summed E-state index contributed by atoms with van der Waals surface area (Å²) < 4.78 is 121. The molecule has 3 heterocycles. The molecule has 2 atom stereocenters. The van der Waals surface area contributed by atoms with Gasteiger partial charge in [-0.05, 0) is 55.3 Å². The van der Waals surface area contributed by atoms with Gasteiger partial charge in [-0.3, -0.25) is 10.1 Å². The zero-order valence-electron chi connectivity index (χ0n) is 25.4. The summed E-state index contributed by atoms with van der Waals surface area (Å²) >= 11 is 0. The molecule has 18 heteroatoms. The number of alkyl halides is 3. The fourth-order valence-corrected chi connectivity index (χ4v) is 8.65. The van der Waals surface area contributed by atoms with E-state index in [9.17, 15) is 26.0 Å². The van der Waals surface area contributed by atoms with E-state index < -0.39 is 66.7 Å². The number of rotatable bonds is 6. The summed E-state index contributed by atoms with van der Waals surface area (Å²) in [5.74, 6) is -6.81. The fraction of sp³-hybridized carbons (Fsp3) is 0.323. The Morgan fingerprint density at radius 2 is 1.53 bits per heavy atom. The Bertz CT molecular complexity index is 1930. The van der Waals surface area contributed by atoms with Gasteiger partial charge in [-0.15, -0.1) is 0 Å². The molecule has 4 aromatic rings. The van der Waals surface area contributed by atoms with Crippen LogP contribution in [0.5, 0.6) is 0 Å². The van der Waals surface area contributed by atoms with Crippen molar-refractivity contribution in [1.29, 1.82) is 0 Å². The van der Waals surface area contributed by atoms with E-state index >= 15 is 13.2 Å². The molecular formula is C31H29F7N6O4S. The Labute approximate surface area is 275 Å². The molecule has 5 N–H and O–H groups in total. The quantitative estimate of drug-likeness (QED) is 0.209. The predicted octanol–water partition coefficient (Wildman–Crippen LogP) is 4.73. The highest BCUT2D eigenvalue weighted by molar-refractivity contribution is 7.90. The summed E-state index contributed by atoms with van der Waals surface area (Å²) in [5, 5.41) is 23.3. The Morgan fingerprint density at radius 1 is 0.918 bits per heavy atom. The lowest BCUT2D eigenvalue weighted by Gasteiger charge is -2.45. The fourth-order valence-electron chi connectivity index (χ4n) is 6.96. The number of carboxylic acids is 1. The predicted molar refractivity (Wildman–Crippen MR) is 163 cm³/mol. The van der Waals surface area contributed by atoms with E-state index in [1.807, 2.05) is 4.90 Å². The molecule has 0 bridgehead atoms. The number of aromatic amines is 1. The normalized spacial score (nSPS) is 21.3. The first-order chi connectivity index (χ1) is 23.0. The van der Waals surface area contributed by atoms with Crippen LogP contribution in [0.15, 0.2) is 61.1 Å². The van der Waals surface area contributed by atoms with Crippen molar-refractivity contribution in [3.05, 3.63) is 101 Å². The van der Waals surface area contributed by atoms with Crippen molar-refractivity contribution in [2.75, 3.05) is 31.1 Å². The minimum absolute atomic E-state index is 0.0752. The zero-order valence-corrected chi connectivity index (χ0v) is 26.2. The van der Waals surface area contributed by atoms with Gasteiger partial charge in [-0.1, -0.05) is 6.42 Å². The lowest BCUT2D eigenvalue weighted by Crippen LogP contribution is -2.55. The van der Waals surface area contributed by atoms with E-state index in [-0.39, 0.29) is 36.2 Å². The summed E-state index contributed by atoms with van der Waals surface area (Å²) in [6.45, 7) is 2.25. The van der Waals surface area contributed by atoms with Gasteiger partial charge >= 0.3 is 12.1 Å². The van der Waals surface area contributed by atoms with Gasteiger partial charge in [-0.25, -0.2) is 35.9 Å². The molecule has 0 amide bonds. The largest absolute Gasteiger partial charge is 0.490 e. The maximum atomic E-state index is 16.6. The minimum atomic E-state index is -5.08. The highest BCUT2D eigenvalue weighted by Crippen LogP contribution is 2.63. The summed E-state index contributed by atoms with van der Waals surface area (Å²) in [4.78, 5) is 14.7. The second-order valence-corrected chi connectivity index (χ2v) is 13.2. The number of aliphatic carboxylic acids is 1. The van der Waals surface area contributed by atoms with Gasteiger partial charge in [0.05, 0.1) is 11.1 Å². The standard InChI is InChI=1S/C29H28F4N6O2S.C2HF3O2/c30-19-2-3-23(31)21(14-19)29(42(34,40)41)7-1-6-28(29,22-17-37-38-27(22)18-4-8-35-9-5-18)26-24(32)15-20(16-25(26)33)39-12-10-36-11-13-39;3-2(4,5)1(6)7/h2-5,8-9,14-17,36H,1,6-7,10-13H2,(H,37,38)(H2,34,40,41);(H,6,7). The lowest BCUT2D eigenvalue weighted by molar-refractivity contribution is -0.192. The summed E-state index contributed by atoms with van der Waals surface area (Å²) in [6, 6.07) is 7.90. The van der Waals surface area contributed by atoms with Gasteiger partial charge < -0.3 is 15.3 Å². The molecule has 6 rings (SSSR count). The first kappa shape index (κ1) is 35.7. The van der Waals surface area contributed by atoms with E-state index in [1.165, 1.54) is 18.6 Å². The SMILES string of the molecule is NS(=O)(=O)C1(c2cc(F)ccc2F)CCCC1(c1c[nH]nc1-c1ccncc1)c1c(F)cc(N2CCNCC2)cc1F.O=C(O)C(F)(F)F. The van der Waals surface area contributed by atoms with Gasteiger partial charge in [0.15, 0.2) is 0 Å². The summed E-state index contributed by atoms with van der Waals surface area (Å²) in [6.07, 6.45) is -1.17. The number of halogens is 7. The Morgan fingerprint density at radius 3 is 2.10 bits per heavy atom. The number of piperazine rings is 1. The number of nitrogens with one attached hydrogen (secondary N) is 2. The van der Waals surface area contributed by atoms with Crippen LogP contribution < -0.4 is 15.4 Å². The number of nitrogens with two attached hydrogens (primary N) is 1. The molecule has 0 radical (unpaired) electrons. The topological polar surface area (TPSA) is 154 Å². The van der Waals surface area contributed by atoms with Crippen molar-refractivity contribution >= 4 is 21.7 Å². The van der Waals surface area contributed by atoms with E-state index in [0.29, 0.717) is 31.7 Å².